The van der Waals surface area contributed by atoms with Gasteiger partial charge in [-0.05, 0) is 23.8 Å². The number of hydrogen-bond acceptors (Lipinski definition) is 5. The summed E-state index contributed by atoms with van der Waals surface area (Å²) in [6, 6.07) is 8.56. The van der Waals surface area contributed by atoms with Crippen LogP contribution in [0.5, 0.6) is 0 Å². The van der Waals surface area contributed by atoms with Crippen molar-refractivity contribution in [3.05, 3.63) is 53.9 Å². The van der Waals surface area contributed by atoms with Gasteiger partial charge in [-0.2, -0.15) is 5.10 Å². The largest absolute Gasteiger partial charge is 0.388 e. The van der Waals surface area contributed by atoms with E-state index in [9.17, 15) is 15.0 Å². The number of carbonyl (C=O) groups excluding carboxylic acids is 1. The van der Waals surface area contributed by atoms with Crippen molar-refractivity contribution in [2.24, 2.45) is 0 Å². The molecule has 1 aliphatic heterocycles. The number of nitrogens with zero attached hydrogens (tertiary/aromatic N) is 3. The van der Waals surface area contributed by atoms with E-state index in [1.807, 2.05) is 24.4 Å². The van der Waals surface area contributed by atoms with Gasteiger partial charge in [0, 0.05) is 25.0 Å². The molecule has 3 atom stereocenters. The SMILES string of the molecule is CN(C(=O)c1ccc(Cn2cccn2)cc1)[C@@H]1COC[C@@H](O)[C@H]1O. The van der Waals surface area contributed by atoms with E-state index in [-0.39, 0.29) is 19.1 Å². The fourth-order valence-corrected chi connectivity index (χ4v) is 2.79. The highest BCUT2D eigenvalue weighted by atomic mass is 16.5. The molecule has 2 aromatic rings. The summed E-state index contributed by atoms with van der Waals surface area (Å²) in [5.74, 6) is -0.220. The van der Waals surface area contributed by atoms with Gasteiger partial charge in [0.1, 0.15) is 12.2 Å². The van der Waals surface area contributed by atoms with Crippen molar-refractivity contribution >= 4 is 5.91 Å². The Morgan fingerprint density at radius 3 is 2.75 bits per heavy atom. The van der Waals surface area contributed by atoms with Crippen LogP contribution in [-0.2, 0) is 11.3 Å². The molecule has 7 nitrogen and oxygen atoms in total. The van der Waals surface area contributed by atoms with Crippen LogP contribution in [0.25, 0.3) is 0 Å². The van der Waals surface area contributed by atoms with Gasteiger partial charge in [0.15, 0.2) is 0 Å². The first-order valence-electron chi connectivity index (χ1n) is 7.83. The third-order valence-corrected chi connectivity index (χ3v) is 4.29. The van der Waals surface area contributed by atoms with Crippen molar-refractivity contribution in [2.45, 2.75) is 24.8 Å². The van der Waals surface area contributed by atoms with Gasteiger partial charge in [-0.15, -0.1) is 0 Å². The maximum absolute atomic E-state index is 12.6. The van der Waals surface area contributed by atoms with Gasteiger partial charge in [-0.25, -0.2) is 0 Å². The zero-order valence-electron chi connectivity index (χ0n) is 13.4. The van der Waals surface area contributed by atoms with Crippen LogP contribution < -0.4 is 0 Å². The topological polar surface area (TPSA) is 87.8 Å². The molecule has 1 saturated heterocycles. The molecule has 0 bridgehead atoms. The van der Waals surface area contributed by atoms with E-state index in [0.717, 1.165) is 5.56 Å². The molecule has 7 heteroatoms. The first-order chi connectivity index (χ1) is 11.6. The van der Waals surface area contributed by atoms with E-state index < -0.39 is 18.2 Å². The first kappa shape index (κ1) is 16.6. The molecule has 0 aliphatic carbocycles. The minimum Gasteiger partial charge on any atom is -0.388 e. The summed E-state index contributed by atoms with van der Waals surface area (Å²) in [6.07, 6.45) is 1.61. The average molecular weight is 331 g/mol. The lowest BCUT2D eigenvalue weighted by Gasteiger charge is -2.37. The Kier molecular flexibility index (Phi) is 4.94. The van der Waals surface area contributed by atoms with Crippen molar-refractivity contribution in [2.75, 3.05) is 20.3 Å². The number of rotatable bonds is 4. The molecule has 2 heterocycles. The van der Waals surface area contributed by atoms with Crippen LogP contribution in [0.2, 0.25) is 0 Å². The number of ether oxygens (including phenoxy) is 1. The molecular weight excluding hydrogens is 310 g/mol. The predicted molar refractivity (Wildman–Crippen MR) is 86.5 cm³/mol. The van der Waals surface area contributed by atoms with Crippen LogP contribution in [-0.4, -0.2) is 69.3 Å². The molecule has 3 rings (SSSR count). The van der Waals surface area contributed by atoms with Gasteiger partial charge in [-0.3, -0.25) is 9.48 Å². The van der Waals surface area contributed by atoms with Crippen molar-refractivity contribution in [1.82, 2.24) is 14.7 Å². The molecule has 1 fully saturated rings. The van der Waals surface area contributed by atoms with Crippen LogP contribution in [0.3, 0.4) is 0 Å². The molecule has 0 unspecified atom stereocenters. The van der Waals surface area contributed by atoms with Crippen LogP contribution in [0, 0.1) is 0 Å². The number of amides is 1. The maximum atomic E-state index is 12.6. The average Bonchev–Trinajstić information content (AvgIpc) is 3.10. The lowest BCUT2D eigenvalue weighted by Crippen LogP contribution is -2.56. The fraction of sp³-hybridized carbons (Fsp3) is 0.412. The molecule has 24 heavy (non-hydrogen) atoms. The van der Waals surface area contributed by atoms with Gasteiger partial charge in [-0.1, -0.05) is 12.1 Å². The van der Waals surface area contributed by atoms with E-state index >= 15 is 0 Å². The zero-order chi connectivity index (χ0) is 17.1. The Hall–Kier alpha value is -2.22. The summed E-state index contributed by atoms with van der Waals surface area (Å²) in [4.78, 5) is 14.0. The minimum atomic E-state index is -1.01. The highest BCUT2D eigenvalue weighted by molar-refractivity contribution is 5.94. The highest BCUT2D eigenvalue weighted by Crippen LogP contribution is 2.17. The van der Waals surface area contributed by atoms with Crippen molar-refractivity contribution in [3.8, 4) is 0 Å². The Bertz CT molecular complexity index is 672. The molecule has 1 amide bonds. The van der Waals surface area contributed by atoms with E-state index in [2.05, 4.69) is 5.10 Å². The van der Waals surface area contributed by atoms with E-state index in [1.165, 1.54) is 4.90 Å². The van der Waals surface area contributed by atoms with Gasteiger partial charge >= 0.3 is 0 Å². The van der Waals surface area contributed by atoms with E-state index in [1.54, 1.807) is 30.1 Å². The Morgan fingerprint density at radius 1 is 1.33 bits per heavy atom. The molecule has 1 aromatic heterocycles. The van der Waals surface area contributed by atoms with Crippen LogP contribution in [0.1, 0.15) is 15.9 Å². The summed E-state index contributed by atoms with van der Waals surface area (Å²) in [5, 5.41) is 23.9. The number of aliphatic hydroxyl groups is 2. The lowest BCUT2D eigenvalue weighted by atomic mass is 10.0. The first-order valence-corrected chi connectivity index (χ1v) is 7.83. The summed E-state index contributed by atoms with van der Waals surface area (Å²) in [5.41, 5.74) is 1.56. The lowest BCUT2D eigenvalue weighted by molar-refractivity contribution is -0.122. The van der Waals surface area contributed by atoms with Gasteiger partial charge < -0.3 is 19.8 Å². The predicted octanol–water partition coefficient (Wildman–Crippen LogP) is 0.124. The Balaban J connectivity index is 1.68. The summed E-state index contributed by atoms with van der Waals surface area (Å²) in [7, 11) is 1.61. The minimum absolute atomic E-state index is 0.0851. The normalized spacial score (nSPS) is 23.9. The Morgan fingerprint density at radius 2 is 2.08 bits per heavy atom. The van der Waals surface area contributed by atoms with Crippen LogP contribution in [0.15, 0.2) is 42.7 Å². The van der Waals surface area contributed by atoms with Gasteiger partial charge in [0.25, 0.3) is 5.91 Å². The van der Waals surface area contributed by atoms with E-state index in [0.29, 0.717) is 12.1 Å². The summed E-state index contributed by atoms with van der Waals surface area (Å²) < 4.78 is 7.04. The molecule has 2 N–H and O–H groups in total. The fourth-order valence-electron chi connectivity index (χ4n) is 2.79. The second kappa shape index (κ2) is 7.12. The standard InChI is InChI=1S/C17H21N3O4/c1-19(14-10-24-11-15(21)16(14)22)17(23)13-5-3-12(4-6-13)9-20-8-2-7-18-20/h2-8,14-16,21-22H,9-11H2,1H3/t14-,15-,16+/m1/s1. The second-order valence-electron chi connectivity index (χ2n) is 5.98. The number of hydrogen-bond donors (Lipinski definition) is 2. The molecule has 1 aliphatic rings. The number of carbonyl (C=O) groups is 1. The number of aliphatic hydroxyl groups excluding tert-OH is 2. The quantitative estimate of drug-likeness (QED) is 0.831. The van der Waals surface area contributed by atoms with Crippen molar-refractivity contribution < 1.29 is 19.7 Å². The zero-order valence-corrected chi connectivity index (χ0v) is 13.4. The number of aromatic nitrogens is 2. The van der Waals surface area contributed by atoms with Gasteiger partial charge in [0.05, 0.1) is 25.8 Å². The smallest absolute Gasteiger partial charge is 0.254 e. The van der Waals surface area contributed by atoms with Crippen LogP contribution in [0.4, 0.5) is 0 Å². The molecule has 0 spiro atoms. The van der Waals surface area contributed by atoms with Crippen molar-refractivity contribution in [1.29, 1.82) is 0 Å². The second-order valence-corrected chi connectivity index (χ2v) is 5.98. The Labute approximate surface area is 140 Å². The molecular formula is C17H21N3O4. The summed E-state index contributed by atoms with van der Waals surface area (Å²) >= 11 is 0. The third-order valence-electron chi connectivity index (χ3n) is 4.29. The van der Waals surface area contributed by atoms with Gasteiger partial charge in [0.2, 0.25) is 0 Å². The molecule has 128 valence electrons. The van der Waals surface area contributed by atoms with E-state index in [4.69, 9.17) is 4.74 Å². The number of likely N-dealkylation sites (N-methyl/N-ethyl adjacent to an activating group) is 1. The summed E-state index contributed by atoms with van der Waals surface area (Å²) in [6.45, 7) is 0.929. The highest BCUT2D eigenvalue weighted by Gasteiger charge is 2.36. The molecule has 1 aromatic carbocycles. The van der Waals surface area contributed by atoms with Crippen LogP contribution >= 0.6 is 0 Å². The molecule has 0 radical (unpaired) electrons. The maximum Gasteiger partial charge on any atom is 0.254 e. The van der Waals surface area contributed by atoms with Crippen molar-refractivity contribution in [3.63, 3.8) is 0 Å². The monoisotopic (exact) mass is 331 g/mol. The molecule has 0 saturated carbocycles. The third kappa shape index (κ3) is 3.48. The number of benzene rings is 1.